The second-order valence-electron chi connectivity index (χ2n) is 3.64. The summed E-state index contributed by atoms with van der Waals surface area (Å²) >= 11 is 0. The minimum atomic E-state index is 0.496. The van der Waals surface area contributed by atoms with Crippen LogP contribution in [0.25, 0.3) is 10.4 Å². The fourth-order valence-electron chi connectivity index (χ4n) is 1.26. The largest absolute Gasteiger partial charge is 0.0937 e. The lowest BCUT2D eigenvalue weighted by molar-refractivity contribution is 0.278. The van der Waals surface area contributed by atoms with Gasteiger partial charge in [-0.1, -0.05) is 39.2 Å². The number of hydrogen-bond acceptors (Lipinski definition) is 1. The van der Waals surface area contributed by atoms with Crippen LogP contribution >= 0.6 is 0 Å². The summed E-state index contributed by atoms with van der Waals surface area (Å²) in [6.45, 7) is 9.44. The van der Waals surface area contributed by atoms with E-state index in [1.165, 1.54) is 6.42 Å². The summed E-state index contributed by atoms with van der Waals surface area (Å²) in [7, 11) is 0. The summed E-state index contributed by atoms with van der Waals surface area (Å²) in [6, 6.07) is 0. The first-order valence-corrected chi connectivity index (χ1v) is 4.64. The van der Waals surface area contributed by atoms with Gasteiger partial charge < -0.3 is 0 Å². The van der Waals surface area contributed by atoms with Crippen LogP contribution in [0.1, 0.15) is 34.1 Å². The molecule has 3 atom stereocenters. The molecule has 0 aromatic heterocycles. The average Bonchev–Trinajstić information content (AvgIpc) is 2.11. The molecule has 0 aliphatic carbocycles. The van der Waals surface area contributed by atoms with Crippen molar-refractivity contribution in [1.29, 1.82) is 0 Å². The van der Waals surface area contributed by atoms with E-state index in [9.17, 15) is 0 Å². The van der Waals surface area contributed by atoms with Crippen LogP contribution < -0.4 is 0 Å². The quantitative estimate of drug-likeness (QED) is 0.343. The van der Waals surface area contributed by atoms with Crippen molar-refractivity contribution < 1.29 is 0 Å². The maximum atomic E-state index is 8.15. The molecule has 0 radical (unpaired) electrons. The Hall–Kier alpha value is -0.690. The number of azide groups is 1. The van der Waals surface area contributed by atoms with Crippen LogP contribution in [0.4, 0.5) is 0 Å². The van der Waals surface area contributed by atoms with Crippen LogP contribution in [-0.4, -0.2) is 6.54 Å². The lowest BCUT2D eigenvalue weighted by Gasteiger charge is -2.23. The Kier molecular flexibility index (Phi) is 5.56. The van der Waals surface area contributed by atoms with E-state index < -0.39 is 0 Å². The maximum Gasteiger partial charge on any atom is 0.0286 e. The molecule has 0 bridgehead atoms. The first-order chi connectivity index (χ1) is 5.63. The van der Waals surface area contributed by atoms with Gasteiger partial charge in [-0.3, -0.25) is 0 Å². The number of nitrogens with zero attached hydrogens (tertiary/aromatic N) is 3. The number of rotatable bonds is 5. The Morgan fingerprint density at radius 1 is 1.25 bits per heavy atom. The lowest BCUT2D eigenvalue weighted by atomic mass is 9.84. The van der Waals surface area contributed by atoms with Crippen LogP contribution in [0.3, 0.4) is 0 Å². The van der Waals surface area contributed by atoms with Crippen LogP contribution in [0.15, 0.2) is 5.11 Å². The highest BCUT2D eigenvalue weighted by molar-refractivity contribution is 4.69. The van der Waals surface area contributed by atoms with Crippen LogP contribution in [0.2, 0.25) is 0 Å². The highest BCUT2D eigenvalue weighted by Gasteiger charge is 2.16. The van der Waals surface area contributed by atoms with Gasteiger partial charge in [-0.05, 0) is 23.3 Å². The Bertz CT molecular complexity index is 161. The molecule has 3 nitrogen and oxygen atoms in total. The molecular formula is C9H19N3. The second-order valence-corrected chi connectivity index (χ2v) is 3.64. The smallest absolute Gasteiger partial charge is 0.0286 e. The standard InChI is InChI=1S/C9H19N3/c1-5-7(2)9(4)8(3)6-11-12-10/h7-9H,5-6H2,1-4H3/t7-,8?,9-/m1/s1. The van der Waals surface area contributed by atoms with Gasteiger partial charge in [0.1, 0.15) is 0 Å². The summed E-state index contributed by atoms with van der Waals surface area (Å²) in [4.78, 5) is 2.77. The maximum absolute atomic E-state index is 8.15. The molecule has 0 saturated heterocycles. The van der Waals surface area contributed by atoms with E-state index in [2.05, 4.69) is 37.7 Å². The van der Waals surface area contributed by atoms with Crippen molar-refractivity contribution in [2.45, 2.75) is 34.1 Å². The zero-order valence-electron chi connectivity index (χ0n) is 8.49. The topological polar surface area (TPSA) is 48.8 Å². The summed E-state index contributed by atoms with van der Waals surface area (Å²) < 4.78 is 0. The van der Waals surface area contributed by atoms with E-state index in [1.54, 1.807) is 0 Å². The lowest BCUT2D eigenvalue weighted by Crippen LogP contribution is -2.18. The third kappa shape index (κ3) is 3.63. The van der Waals surface area contributed by atoms with E-state index in [-0.39, 0.29) is 0 Å². The minimum absolute atomic E-state index is 0.496. The predicted molar refractivity (Wildman–Crippen MR) is 51.8 cm³/mol. The number of hydrogen-bond donors (Lipinski definition) is 0. The molecule has 0 fully saturated rings. The molecule has 0 aliphatic heterocycles. The minimum Gasteiger partial charge on any atom is -0.0937 e. The Balaban J connectivity index is 3.90. The van der Waals surface area contributed by atoms with Crippen molar-refractivity contribution in [3.8, 4) is 0 Å². The third-order valence-electron chi connectivity index (χ3n) is 2.87. The Labute approximate surface area is 74.8 Å². The van der Waals surface area contributed by atoms with Crippen molar-refractivity contribution in [3.63, 3.8) is 0 Å². The second kappa shape index (κ2) is 5.90. The van der Waals surface area contributed by atoms with E-state index in [1.807, 2.05) is 0 Å². The van der Waals surface area contributed by atoms with Crippen molar-refractivity contribution >= 4 is 0 Å². The molecule has 0 aromatic carbocycles. The zero-order valence-corrected chi connectivity index (χ0v) is 8.49. The summed E-state index contributed by atoms with van der Waals surface area (Å²) in [5.74, 6) is 1.85. The van der Waals surface area contributed by atoms with E-state index in [4.69, 9.17) is 5.53 Å². The van der Waals surface area contributed by atoms with Gasteiger partial charge in [0.25, 0.3) is 0 Å². The summed E-state index contributed by atoms with van der Waals surface area (Å²) in [5.41, 5.74) is 8.15. The first kappa shape index (κ1) is 11.3. The van der Waals surface area contributed by atoms with Crippen LogP contribution in [0.5, 0.6) is 0 Å². The highest BCUT2D eigenvalue weighted by atomic mass is 15.1. The van der Waals surface area contributed by atoms with Gasteiger partial charge in [-0.25, -0.2) is 0 Å². The Morgan fingerprint density at radius 3 is 2.25 bits per heavy atom. The van der Waals surface area contributed by atoms with Gasteiger partial charge in [0.15, 0.2) is 0 Å². The molecule has 0 aromatic rings. The molecule has 0 amide bonds. The van der Waals surface area contributed by atoms with E-state index in [0.717, 1.165) is 0 Å². The van der Waals surface area contributed by atoms with Gasteiger partial charge >= 0.3 is 0 Å². The molecule has 0 N–H and O–H groups in total. The predicted octanol–water partition coefficient (Wildman–Crippen LogP) is 3.62. The zero-order chi connectivity index (χ0) is 9.56. The molecule has 1 unspecified atom stereocenters. The van der Waals surface area contributed by atoms with Gasteiger partial charge in [0, 0.05) is 11.5 Å². The average molecular weight is 169 g/mol. The third-order valence-corrected chi connectivity index (χ3v) is 2.87. The van der Waals surface area contributed by atoms with Crippen molar-refractivity contribution in [2.75, 3.05) is 6.54 Å². The van der Waals surface area contributed by atoms with Crippen LogP contribution in [0, 0.1) is 17.8 Å². The van der Waals surface area contributed by atoms with Crippen LogP contribution in [-0.2, 0) is 0 Å². The fraction of sp³-hybridized carbons (Fsp3) is 1.00. The summed E-state index contributed by atoms with van der Waals surface area (Å²) in [5, 5.41) is 3.59. The van der Waals surface area contributed by atoms with Crippen molar-refractivity contribution in [1.82, 2.24) is 0 Å². The Morgan fingerprint density at radius 2 is 1.83 bits per heavy atom. The van der Waals surface area contributed by atoms with Gasteiger partial charge in [-0.2, -0.15) is 0 Å². The van der Waals surface area contributed by atoms with E-state index >= 15 is 0 Å². The normalized spacial score (nSPS) is 17.7. The summed E-state index contributed by atoms with van der Waals surface area (Å²) in [6.07, 6.45) is 1.20. The first-order valence-electron chi connectivity index (χ1n) is 4.64. The van der Waals surface area contributed by atoms with Gasteiger partial charge in [0.05, 0.1) is 0 Å². The fourth-order valence-corrected chi connectivity index (χ4v) is 1.26. The molecule has 3 heteroatoms. The molecule has 0 spiro atoms. The highest BCUT2D eigenvalue weighted by Crippen LogP contribution is 2.22. The molecule has 12 heavy (non-hydrogen) atoms. The molecule has 0 rings (SSSR count). The molecule has 0 aliphatic rings. The molecular weight excluding hydrogens is 150 g/mol. The van der Waals surface area contributed by atoms with E-state index in [0.29, 0.717) is 24.3 Å². The molecule has 0 heterocycles. The van der Waals surface area contributed by atoms with Crippen molar-refractivity contribution in [2.24, 2.45) is 22.9 Å². The monoisotopic (exact) mass is 169 g/mol. The van der Waals surface area contributed by atoms with Crippen molar-refractivity contribution in [3.05, 3.63) is 10.4 Å². The SMILES string of the molecule is CC[C@@H](C)[C@@H](C)C(C)CN=[N+]=[N-]. The molecule has 0 saturated carbocycles. The molecule has 70 valence electrons. The van der Waals surface area contributed by atoms with Gasteiger partial charge in [0.2, 0.25) is 0 Å². The van der Waals surface area contributed by atoms with Gasteiger partial charge in [-0.15, -0.1) is 0 Å².